The fourth-order valence-corrected chi connectivity index (χ4v) is 3.63. The van der Waals surface area contributed by atoms with Gasteiger partial charge in [0.05, 0.1) is 11.7 Å². The predicted molar refractivity (Wildman–Crippen MR) is 74.3 cm³/mol. The lowest BCUT2D eigenvalue weighted by molar-refractivity contribution is 0.0743. The highest BCUT2D eigenvalue weighted by atomic mass is 15.3. The summed E-state index contributed by atoms with van der Waals surface area (Å²) in [6.07, 6.45) is 6.85. The maximum absolute atomic E-state index is 6.63. The second-order valence-electron chi connectivity index (χ2n) is 5.34. The molecule has 1 saturated carbocycles. The molecule has 0 saturated heterocycles. The summed E-state index contributed by atoms with van der Waals surface area (Å²) < 4.78 is 1.92. The molecule has 4 heteroatoms. The quantitative estimate of drug-likeness (QED) is 0.870. The van der Waals surface area contributed by atoms with E-state index < -0.39 is 0 Å². The van der Waals surface area contributed by atoms with Crippen LogP contribution in [-0.4, -0.2) is 33.3 Å². The Balaban J connectivity index is 2.33. The van der Waals surface area contributed by atoms with Crippen molar-refractivity contribution in [1.82, 2.24) is 14.7 Å². The zero-order valence-electron chi connectivity index (χ0n) is 11.9. The molecule has 0 amide bonds. The Morgan fingerprint density at radius 1 is 1.39 bits per heavy atom. The largest absolute Gasteiger partial charge is 0.321 e. The van der Waals surface area contributed by atoms with Crippen LogP contribution in [0.4, 0.5) is 0 Å². The number of rotatable bonds is 5. The maximum Gasteiger partial charge on any atom is 0.0653 e. The Morgan fingerprint density at radius 3 is 2.44 bits per heavy atom. The van der Waals surface area contributed by atoms with Gasteiger partial charge < -0.3 is 5.73 Å². The Kier molecular flexibility index (Phi) is 4.07. The smallest absolute Gasteiger partial charge is 0.0653 e. The van der Waals surface area contributed by atoms with Gasteiger partial charge in [-0.2, -0.15) is 5.10 Å². The summed E-state index contributed by atoms with van der Waals surface area (Å²) in [6, 6.07) is 2.13. The van der Waals surface area contributed by atoms with Crippen molar-refractivity contribution in [2.45, 2.75) is 51.1 Å². The second kappa shape index (κ2) is 5.41. The Labute approximate surface area is 110 Å². The number of nitrogens with two attached hydrogens (primary N) is 1. The zero-order chi connectivity index (χ0) is 13.2. The molecule has 1 aromatic heterocycles. The zero-order valence-corrected chi connectivity index (χ0v) is 11.9. The maximum atomic E-state index is 6.63. The summed E-state index contributed by atoms with van der Waals surface area (Å²) in [6.45, 7) is 6.61. The van der Waals surface area contributed by atoms with E-state index >= 15 is 0 Å². The molecule has 4 nitrogen and oxygen atoms in total. The highest BCUT2D eigenvalue weighted by Crippen LogP contribution is 2.43. The molecular formula is C14H26N4. The van der Waals surface area contributed by atoms with E-state index in [0.29, 0.717) is 0 Å². The molecule has 0 aromatic carbocycles. The minimum absolute atomic E-state index is 0.0624. The molecule has 18 heavy (non-hydrogen) atoms. The van der Waals surface area contributed by atoms with E-state index in [1.54, 1.807) is 0 Å². The molecule has 0 radical (unpaired) electrons. The molecule has 1 aromatic rings. The molecule has 1 heterocycles. The standard InChI is InChI=1S/C14H26N4/c1-4-18(5-2)14(9-6-7-10-14)13(15)12-8-11-16-17(12)3/h8,11,13H,4-7,9-10,15H2,1-3H3. The van der Waals surface area contributed by atoms with E-state index in [4.69, 9.17) is 5.73 Å². The lowest BCUT2D eigenvalue weighted by atomic mass is 9.84. The van der Waals surface area contributed by atoms with Gasteiger partial charge in [-0.1, -0.05) is 26.7 Å². The number of aromatic nitrogens is 2. The van der Waals surface area contributed by atoms with Crippen molar-refractivity contribution >= 4 is 0 Å². The summed E-state index contributed by atoms with van der Waals surface area (Å²) in [5, 5.41) is 4.27. The first-order valence-corrected chi connectivity index (χ1v) is 7.14. The third-order valence-electron chi connectivity index (χ3n) is 4.62. The van der Waals surface area contributed by atoms with E-state index in [1.807, 2.05) is 17.9 Å². The van der Waals surface area contributed by atoms with Gasteiger partial charge in [0.15, 0.2) is 0 Å². The first kappa shape index (κ1) is 13.6. The number of aryl methyl sites for hydroxylation is 1. The van der Waals surface area contributed by atoms with E-state index in [1.165, 1.54) is 25.7 Å². The molecule has 0 spiro atoms. The number of hydrogen-bond donors (Lipinski definition) is 1. The summed E-state index contributed by atoms with van der Waals surface area (Å²) >= 11 is 0. The second-order valence-corrected chi connectivity index (χ2v) is 5.34. The first-order valence-electron chi connectivity index (χ1n) is 7.14. The topological polar surface area (TPSA) is 47.1 Å². The highest BCUT2D eigenvalue weighted by Gasteiger charge is 2.44. The minimum atomic E-state index is 0.0624. The van der Waals surface area contributed by atoms with E-state index in [2.05, 4.69) is 29.9 Å². The first-order chi connectivity index (χ1) is 8.65. The van der Waals surface area contributed by atoms with Crippen molar-refractivity contribution in [3.05, 3.63) is 18.0 Å². The van der Waals surface area contributed by atoms with Crippen LogP contribution in [0.2, 0.25) is 0 Å². The fraction of sp³-hybridized carbons (Fsp3) is 0.786. The summed E-state index contributed by atoms with van der Waals surface area (Å²) in [7, 11) is 1.99. The monoisotopic (exact) mass is 250 g/mol. The van der Waals surface area contributed by atoms with Gasteiger partial charge in [-0.05, 0) is 32.0 Å². The summed E-state index contributed by atoms with van der Waals surface area (Å²) in [5.74, 6) is 0. The lowest BCUT2D eigenvalue weighted by Gasteiger charge is -2.44. The normalized spacial score (nSPS) is 20.5. The molecule has 1 aliphatic carbocycles. The molecule has 1 atom stereocenters. The van der Waals surface area contributed by atoms with Crippen LogP contribution in [0.1, 0.15) is 51.3 Å². The molecule has 2 rings (SSSR count). The molecule has 1 unspecified atom stereocenters. The third kappa shape index (κ3) is 2.08. The van der Waals surface area contributed by atoms with Crippen LogP contribution in [-0.2, 0) is 7.05 Å². The van der Waals surface area contributed by atoms with Crippen LogP contribution < -0.4 is 5.73 Å². The van der Waals surface area contributed by atoms with Gasteiger partial charge >= 0.3 is 0 Å². The van der Waals surface area contributed by atoms with Gasteiger partial charge in [0, 0.05) is 18.8 Å². The van der Waals surface area contributed by atoms with Crippen LogP contribution in [0.15, 0.2) is 12.3 Å². The lowest BCUT2D eigenvalue weighted by Crippen LogP contribution is -2.54. The molecule has 1 aliphatic rings. The van der Waals surface area contributed by atoms with E-state index in [9.17, 15) is 0 Å². The van der Waals surface area contributed by atoms with Crippen LogP contribution >= 0.6 is 0 Å². The van der Waals surface area contributed by atoms with Crippen molar-refractivity contribution in [2.75, 3.05) is 13.1 Å². The molecule has 0 aliphatic heterocycles. The van der Waals surface area contributed by atoms with Gasteiger partial charge in [-0.25, -0.2) is 0 Å². The van der Waals surface area contributed by atoms with Gasteiger partial charge in [-0.15, -0.1) is 0 Å². The molecule has 102 valence electrons. The summed E-state index contributed by atoms with van der Waals surface area (Å²) in [4.78, 5) is 2.55. The third-order valence-corrected chi connectivity index (χ3v) is 4.62. The summed E-state index contributed by atoms with van der Waals surface area (Å²) in [5.41, 5.74) is 7.92. The molecule has 1 fully saturated rings. The van der Waals surface area contributed by atoms with Gasteiger partial charge in [-0.3, -0.25) is 9.58 Å². The minimum Gasteiger partial charge on any atom is -0.321 e. The van der Waals surface area contributed by atoms with Crippen molar-refractivity contribution in [3.8, 4) is 0 Å². The van der Waals surface area contributed by atoms with Gasteiger partial charge in [0.25, 0.3) is 0 Å². The SMILES string of the molecule is CCN(CC)C1(C(N)c2ccnn2C)CCCC1. The van der Waals surface area contributed by atoms with E-state index in [-0.39, 0.29) is 11.6 Å². The number of hydrogen-bond acceptors (Lipinski definition) is 3. The Bertz CT molecular complexity index is 375. The van der Waals surface area contributed by atoms with Crippen molar-refractivity contribution in [3.63, 3.8) is 0 Å². The van der Waals surface area contributed by atoms with Gasteiger partial charge in [0.2, 0.25) is 0 Å². The van der Waals surface area contributed by atoms with E-state index in [0.717, 1.165) is 18.8 Å². The Hall–Kier alpha value is -0.870. The van der Waals surface area contributed by atoms with Crippen molar-refractivity contribution in [2.24, 2.45) is 12.8 Å². The van der Waals surface area contributed by atoms with Crippen LogP contribution in [0.3, 0.4) is 0 Å². The van der Waals surface area contributed by atoms with Crippen molar-refractivity contribution in [1.29, 1.82) is 0 Å². The molecular weight excluding hydrogens is 224 g/mol. The van der Waals surface area contributed by atoms with Gasteiger partial charge in [0.1, 0.15) is 0 Å². The highest BCUT2D eigenvalue weighted by molar-refractivity contribution is 5.16. The van der Waals surface area contributed by atoms with Crippen LogP contribution in [0, 0.1) is 0 Å². The average molecular weight is 250 g/mol. The fourth-order valence-electron chi connectivity index (χ4n) is 3.63. The number of likely N-dealkylation sites (N-methyl/N-ethyl adjacent to an activating group) is 1. The van der Waals surface area contributed by atoms with Crippen LogP contribution in [0.5, 0.6) is 0 Å². The van der Waals surface area contributed by atoms with Crippen molar-refractivity contribution < 1.29 is 0 Å². The average Bonchev–Trinajstić information content (AvgIpc) is 3.00. The van der Waals surface area contributed by atoms with Crippen LogP contribution in [0.25, 0.3) is 0 Å². The molecule has 2 N–H and O–H groups in total. The molecule has 0 bridgehead atoms. The Morgan fingerprint density at radius 2 is 2.00 bits per heavy atom. The number of nitrogens with zero attached hydrogens (tertiary/aromatic N) is 3. The predicted octanol–water partition coefficient (Wildman–Crippen LogP) is 2.07.